The van der Waals surface area contributed by atoms with Crippen LogP contribution in [-0.2, 0) is 6.37 Å². The van der Waals surface area contributed by atoms with E-state index in [-0.39, 0.29) is 40.3 Å². The molecule has 47 heavy (non-hydrogen) atoms. The van der Waals surface area contributed by atoms with Crippen LogP contribution in [0.25, 0.3) is 82.4 Å². The fraction of sp³-hybridized carbons (Fsp3) is 0.0444. The van der Waals surface area contributed by atoms with Crippen molar-refractivity contribution in [2.75, 3.05) is 0 Å². The maximum absolute atomic E-state index is 9.38. The zero-order chi connectivity index (χ0) is 41.7. The maximum atomic E-state index is 9.38. The molecule has 0 aliphatic rings. The van der Waals surface area contributed by atoms with Crippen molar-refractivity contribution in [3.63, 3.8) is 0 Å². The molecule has 222 valence electrons. The molecule has 0 radical (unpaired) electrons. The Labute approximate surface area is 291 Å². The molecule has 1 aromatic heterocycles. The van der Waals surface area contributed by atoms with E-state index in [9.17, 15) is 2.74 Å². The molecule has 0 aliphatic carbocycles. The Hall–Kier alpha value is -5.99. The van der Waals surface area contributed by atoms with E-state index in [2.05, 4.69) is 4.98 Å². The molecule has 9 aromatic rings. The molecule has 0 unspecified atom stereocenters. The molecule has 0 bridgehead atoms. The summed E-state index contributed by atoms with van der Waals surface area (Å²) in [6, 6.07) is 34.7. The van der Waals surface area contributed by atoms with E-state index in [0.29, 0.717) is 33.1 Å². The SMILES string of the molecule is [2H]c1c([2H])c([2H])c2c([2H])c(-c3c4ccccc4c(-c4ccc(-c5ccccc5-n5c(C([2H])([2H])C([2H])([2H])[2H])nc6ccccc65)cc4)c4ccccc34)c([2H])c([2H])c2c1[2H]. The second-order valence-corrected chi connectivity index (χ2v) is 11.3. The summed E-state index contributed by atoms with van der Waals surface area (Å²) in [5.74, 6) is -0.225. The molecule has 0 aliphatic heterocycles. The average molecular weight is 613 g/mol. The molecular weight excluding hydrogens is 569 g/mol. The van der Waals surface area contributed by atoms with Crippen LogP contribution in [0.5, 0.6) is 0 Å². The van der Waals surface area contributed by atoms with E-state index in [1.807, 2.05) is 97.1 Å². The first-order valence-electron chi connectivity index (χ1n) is 21.2. The van der Waals surface area contributed by atoms with Gasteiger partial charge in [0, 0.05) is 18.8 Å². The summed E-state index contributed by atoms with van der Waals surface area (Å²) in [6.07, 6.45) is -2.77. The van der Waals surface area contributed by atoms with Crippen molar-refractivity contribution in [3.8, 4) is 39.1 Å². The molecule has 2 heteroatoms. The Balaban J connectivity index is 1.26. The van der Waals surface area contributed by atoms with Crippen molar-refractivity contribution in [2.45, 2.75) is 13.2 Å². The van der Waals surface area contributed by atoms with Crippen molar-refractivity contribution in [2.24, 2.45) is 0 Å². The average Bonchev–Trinajstić information content (AvgIpc) is 3.63. The molecule has 8 aromatic carbocycles. The molecule has 1 heterocycles. The molecule has 2 nitrogen and oxygen atoms in total. The highest BCUT2D eigenvalue weighted by Gasteiger charge is 2.18. The van der Waals surface area contributed by atoms with Crippen LogP contribution in [0.15, 0.2) is 164 Å². The van der Waals surface area contributed by atoms with Gasteiger partial charge in [-0.2, -0.15) is 0 Å². The minimum Gasteiger partial charge on any atom is -0.296 e. The van der Waals surface area contributed by atoms with Crippen LogP contribution >= 0.6 is 0 Å². The van der Waals surface area contributed by atoms with Gasteiger partial charge in [0.25, 0.3) is 0 Å². The summed E-state index contributed by atoms with van der Waals surface area (Å²) >= 11 is 0. The van der Waals surface area contributed by atoms with E-state index in [0.717, 1.165) is 33.0 Å². The molecule has 0 spiro atoms. The predicted octanol–water partition coefficient (Wildman–Crippen LogP) is 12.0. The first kappa shape index (κ1) is 17.6. The molecule has 0 saturated carbocycles. The quantitative estimate of drug-likeness (QED) is 0.177. The maximum Gasteiger partial charge on any atom is 0.114 e. The van der Waals surface area contributed by atoms with Gasteiger partial charge in [-0.25, -0.2) is 4.98 Å². The van der Waals surface area contributed by atoms with Crippen LogP contribution in [0.3, 0.4) is 0 Å². The van der Waals surface area contributed by atoms with E-state index in [1.54, 1.807) is 28.8 Å². The normalized spacial score (nSPS) is 15.8. The largest absolute Gasteiger partial charge is 0.296 e. The third-order valence-electron chi connectivity index (χ3n) is 8.73. The lowest BCUT2D eigenvalue weighted by atomic mass is 9.85. The van der Waals surface area contributed by atoms with Gasteiger partial charge < -0.3 is 0 Å². The lowest BCUT2D eigenvalue weighted by Gasteiger charge is -2.18. The summed E-state index contributed by atoms with van der Waals surface area (Å²) in [4.78, 5) is 4.51. The third-order valence-corrected chi connectivity index (χ3v) is 8.73. The Morgan fingerprint density at radius 2 is 1.19 bits per heavy atom. The topological polar surface area (TPSA) is 17.8 Å². The Morgan fingerprint density at radius 3 is 1.91 bits per heavy atom. The number of hydrogen-bond acceptors (Lipinski definition) is 1. The van der Waals surface area contributed by atoms with Crippen LogP contribution in [-0.4, -0.2) is 9.55 Å². The van der Waals surface area contributed by atoms with E-state index < -0.39 is 37.4 Å². The molecule has 0 fully saturated rings. The van der Waals surface area contributed by atoms with Gasteiger partial charge in [0.05, 0.1) is 26.3 Å². The Bertz CT molecular complexity index is 3150. The smallest absolute Gasteiger partial charge is 0.114 e. The van der Waals surface area contributed by atoms with Crippen molar-refractivity contribution < 1.29 is 16.4 Å². The summed E-state index contributed by atoms with van der Waals surface area (Å²) in [6.45, 7) is -2.99. The van der Waals surface area contributed by atoms with Crippen molar-refractivity contribution in [1.82, 2.24) is 9.55 Å². The van der Waals surface area contributed by atoms with Gasteiger partial charge in [0.2, 0.25) is 0 Å². The zero-order valence-electron chi connectivity index (χ0n) is 36.9. The van der Waals surface area contributed by atoms with E-state index in [1.165, 1.54) is 0 Å². The standard InChI is InChI=1S/C45H32N2/c1-2-43-46-40-20-10-12-22-42(40)47(43)41-21-11-9-15-35(41)31-24-26-32(27-25-31)44-36-16-5-7-18-38(36)45(39-19-8-6-17-37(39)44)34-28-23-30-13-3-4-14-33(30)29-34/h3-29H,2H2,1H3/i1D3,2D2,3D,4D,13D,14D,23D,28D,29D. The molecule has 9 rings (SSSR count). The first-order chi connectivity index (χ1) is 28.1. The lowest BCUT2D eigenvalue weighted by Crippen LogP contribution is -2.02. The van der Waals surface area contributed by atoms with Crippen molar-refractivity contribution in [1.29, 1.82) is 0 Å². The summed E-state index contributed by atoms with van der Waals surface area (Å²) in [7, 11) is 0. The van der Waals surface area contributed by atoms with Crippen molar-refractivity contribution >= 4 is 43.4 Å². The third kappa shape index (κ3) is 4.45. The number of benzene rings is 8. The van der Waals surface area contributed by atoms with Gasteiger partial charge in [0.1, 0.15) is 5.82 Å². The van der Waals surface area contributed by atoms with Crippen LogP contribution in [0.1, 0.15) is 29.1 Å². The lowest BCUT2D eigenvalue weighted by molar-refractivity contribution is 0.909. The highest BCUT2D eigenvalue weighted by Crippen LogP contribution is 2.44. The highest BCUT2D eigenvalue weighted by atomic mass is 15.1. The van der Waals surface area contributed by atoms with E-state index in [4.69, 9.17) is 13.7 Å². The van der Waals surface area contributed by atoms with Gasteiger partial charge in [-0.1, -0.05) is 146 Å². The van der Waals surface area contributed by atoms with Crippen molar-refractivity contribution in [3.05, 3.63) is 169 Å². The van der Waals surface area contributed by atoms with Crippen LogP contribution in [0.2, 0.25) is 0 Å². The molecule has 0 N–H and O–H groups in total. The van der Waals surface area contributed by atoms with Gasteiger partial charge in [-0.15, -0.1) is 0 Å². The molecular formula is C45H32N2. The minimum atomic E-state index is -2.99. The molecule has 0 saturated heterocycles. The second-order valence-electron chi connectivity index (χ2n) is 11.3. The second kappa shape index (κ2) is 11.1. The number of aromatic nitrogens is 2. The molecule has 0 atom stereocenters. The number of aryl methyl sites for hydroxylation is 1. The minimum absolute atomic E-state index is 0.104. The highest BCUT2D eigenvalue weighted by molar-refractivity contribution is 6.21. The first-order valence-corrected chi connectivity index (χ1v) is 15.2. The number of fused-ring (bicyclic) bond motifs is 4. The van der Waals surface area contributed by atoms with Gasteiger partial charge >= 0.3 is 0 Å². The Morgan fingerprint density at radius 1 is 0.596 bits per heavy atom. The fourth-order valence-electron chi connectivity index (χ4n) is 6.70. The van der Waals surface area contributed by atoms with Gasteiger partial charge in [-0.3, -0.25) is 4.57 Å². The number of para-hydroxylation sites is 3. The number of imidazole rings is 1. The van der Waals surface area contributed by atoms with E-state index >= 15 is 0 Å². The van der Waals surface area contributed by atoms with Crippen LogP contribution in [0, 0.1) is 0 Å². The van der Waals surface area contributed by atoms with Gasteiger partial charge in [-0.05, 0) is 84.4 Å². The number of nitrogens with zero attached hydrogens (tertiary/aromatic N) is 2. The predicted molar refractivity (Wildman–Crippen MR) is 199 cm³/mol. The monoisotopic (exact) mass is 612 g/mol. The number of rotatable bonds is 5. The summed E-state index contributed by atoms with van der Waals surface area (Å²) in [5, 5.41) is 2.73. The molecule has 0 amide bonds. The summed E-state index contributed by atoms with van der Waals surface area (Å²) < 4.78 is 104. The fourth-order valence-corrected chi connectivity index (χ4v) is 6.70. The number of hydrogen-bond donors (Lipinski definition) is 0. The summed E-state index contributed by atoms with van der Waals surface area (Å²) in [5.41, 5.74) is 5.44. The zero-order valence-corrected chi connectivity index (χ0v) is 24.9. The van der Waals surface area contributed by atoms with Crippen LogP contribution in [0.4, 0.5) is 0 Å². The Kier molecular flexibility index (Phi) is 4.17. The van der Waals surface area contributed by atoms with Gasteiger partial charge in [0.15, 0.2) is 0 Å². The van der Waals surface area contributed by atoms with Crippen LogP contribution < -0.4 is 0 Å².